The van der Waals surface area contributed by atoms with Crippen molar-refractivity contribution in [1.82, 2.24) is 15.0 Å². The van der Waals surface area contributed by atoms with E-state index in [2.05, 4.69) is 127 Å². The van der Waals surface area contributed by atoms with Gasteiger partial charge >= 0.3 is 0 Å². The van der Waals surface area contributed by atoms with Gasteiger partial charge < -0.3 is 4.42 Å². The molecule has 0 N–H and O–H groups in total. The van der Waals surface area contributed by atoms with Gasteiger partial charge in [-0.15, -0.1) is 0 Å². The molecule has 0 unspecified atom stereocenters. The fraction of sp³-hybridized carbons (Fsp3) is 0. The summed E-state index contributed by atoms with van der Waals surface area (Å²) in [5, 5.41) is 9.13. The number of hydrogen-bond acceptors (Lipinski definition) is 4. The molecule has 0 bridgehead atoms. The fourth-order valence-corrected chi connectivity index (χ4v) is 7.21. The molecular weight excluding hydrogens is 599 g/mol. The first-order valence-electron chi connectivity index (χ1n) is 16.4. The van der Waals surface area contributed by atoms with Crippen molar-refractivity contribution in [3.63, 3.8) is 0 Å². The Kier molecular flexibility index (Phi) is 6.15. The largest absolute Gasteiger partial charge is 0.456 e. The summed E-state index contributed by atoms with van der Waals surface area (Å²) in [7, 11) is 0. The lowest BCUT2D eigenvalue weighted by molar-refractivity contribution is 0.669. The summed E-state index contributed by atoms with van der Waals surface area (Å²) in [6.45, 7) is 0. The van der Waals surface area contributed by atoms with E-state index in [-0.39, 0.29) is 0 Å². The minimum atomic E-state index is 0.604. The number of hydrogen-bond donors (Lipinski definition) is 0. The first-order valence-corrected chi connectivity index (χ1v) is 16.4. The Morgan fingerprint density at radius 3 is 1.76 bits per heavy atom. The highest BCUT2D eigenvalue weighted by Crippen LogP contribution is 2.40. The van der Waals surface area contributed by atoms with E-state index in [1.54, 1.807) is 0 Å². The van der Waals surface area contributed by atoms with Crippen LogP contribution in [0.1, 0.15) is 0 Å². The van der Waals surface area contributed by atoms with Gasteiger partial charge in [0.25, 0.3) is 0 Å². The molecule has 228 valence electrons. The molecule has 8 aromatic carbocycles. The first kappa shape index (κ1) is 27.5. The van der Waals surface area contributed by atoms with Crippen LogP contribution in [0.15, 0.2) is 168 Å². The summed E-state index contributed by atoms with van der Waals surface area (Å²) in [6.07, 6.45) is 0. The second-order valence-corrected chi connectivity index (χ2v) is 12.4. The van der Waals surface area contributed by atoms with Crippen molar-refractivity contribution < 1.29 is 4.42 Å². The van der Waals surface area contributed by atoms with Gasteiger partial charge in [-0.3, -0.25) is 0 Å². The van der Waals surface area contributed by atoms with Crippen molar-refractivity contribution in [1.29, 1.82) is 0 Å². The molecule has 0 fully saturated rings. The summed E-state index contributed by atoms with van der Waals surface area (Å²) >= 11 is 0. The molecule has 0 saturated heterocycles. The maximum atomic E-state index is 6.27. The van der Waals surface area contributed by atoms with Gasteiger partial charge in [-0.05, 0) is 61.6 Å². The lowest BCUT2D eigenvalue weighted by Gasteiger charge is -2.14. The van der Waals surface area contributed by atoms with Crippen molar-refractivity contribution in [3.05, 3.63) is 164 Å². The van der Waals surface area contributed by atoms with Gasteiger partial charge in [-0.1, -0.05) is 146 Å². The van der Waals surface area contributed by atoms with Gasteiger partial charge in [-0.2, -0.15) is 0 Å². The molecular formula is C45H27N3O. The Morgan fingerprint density at radius 2 is 0.918 bits per heavy atom. The Hall–Kier alpha value is -6.65. The number of benzene rings is 8. The molecule has 10 rings (SSSR count). The minimum absolute atomic E-state index is 0.604. The van der Waals surface area contributed by atoms with Crippen LogP contribution in [0.4, 0.5) is 0 Å². The van der Waals surface area contributed by atoms with Gasteiger partial charge in [0.05, 0.1) is 0 Å². The second kappa shape index (κ2) is 11.0. The number of nitrogens with zero attached hydrogens (tertiary/aromatic N) is 3. The van der Waals surface area contributed by atoms with Crippen LogP contribution in [0, 0.1) is 0 Å². The summed E-state index contributed by atoms with van der Waals surface area (Å²) in [4.78, 5) is 15.6. The molecule has 0 radical (unpaired) electrons. The average Bonchev–Trinajstić information content (AvgIpc) is 3.57. The zero-order valence-electron chi connectivity index (χ0n) is 26.3. The van der Waals surface area contributed by atoms with E-state index in [0.29, 0.717) is 17.5 Å². The minimum Gasteiger partial charge on any atom is -0.456 e. The summed E-state index contributed by atoms with van der Waals surface area (Å²) in [5.41, 5.74) is 6.74. The molecule has 0 aliphatic carbocycles. The fourth-order valence-electron chi connectivity index (χ4n) is 7.21. The predicted octanol–water partition coefficient (Wildman–Crippen LogP) is 11.9. The molecule has 0 aliphatic rings. The standard InChI is InChI=1S/C45H27N3O/c1-2-11-28(12-3-1)29-21-24-31(25-22-29)43-46-44(37-18-10-20-40-42(37)36-17-8-9-19-39(36)49-40)48-45(47-43)38-27-32-26-23-30-13-4-5-14-33(30)41(32)35-16-7-6-15-34(35)38/h1-27H. The SMILES string of the molecule is c1ccc(-c2ccc(-c3nc(-c4cc5ccc6ccccc6c5c5ccccc45)nc(-c4cccc5oc6ccccc6c45)n3)cc2)cc1. The highest BCUT2D eigenvalue weighted by Gasteiger charge is 2.20. The number of para-hydroxylation sites is 1. The van der Waals surface area contributed by atoms with Gasteiger partial charge in [0, 0.05) is 27.5 Å². The van der Waals surface area contributed by atoms with E-state index in [9.17, 15) is 0 Å². The summed E-state index contributed by atoms with van der Waals surface area (Å²) in [6, 6.07) is 56.9. The Labute approximate surface area is 282 Å². The molecule has 0 amide bonds. The van der Waals surface area contributed by atoms with Gasteiger partial charge in [-0.25, -0.2) is 15.0 Å². The van der Waals surface area contributed by atoms with E-state index in [0.717, 1.165) is 55.0 Å². The lowest BCUT2D eigenvalue weighted by atomic mass is 9.93. The second-order valence-electron chi connectivity index (χ2n) is 12.4. The number of fused-ring (bicyclic) bond motifs is 8. The Morgan fingerprint density at radius 1 is 0.327 bits per heavy atom. The average molecular weight is 626 g/mol. The van der Waals surface area contributed by atoms with Crippen molar-refractivity contribution in [2.45, 2.75) is 0 Å². The topological polar surface area (TPSA) is 51.8 Å². The highest BCUT2D eigenvalue weighted by atomic mass is 16.3. The van der Waals surface area contributed by atoms with Crippen molar-refractivity contribution in [2.75, 3.05) is 0 Å². The molecule has 49 heavy (non-hydrogen) atoms. The molecule has 0 spiro atoms. The van der Waals surface area contributed by atoms with E-state index >= 15 is 0 Å². The molecule has 2 aromatic heterocycles. The summed E-state index contributed by atoms with van der Waals surface area (Å²) in [5.74, 6) is 1.85. The predicted molar refractivity (Wildman–Crippen MR) is 201 cm³/mol. The van der Waals surface area contributed by atoms with Crippen LogP contribution in [0.3, 0.4) is 0 Å². The van der Waals surface area contributed by atoms with Crippen LogP contribution in [0.5, 0.6) is 0 Å². The van der Waals surface area contributed by atoms with E-state index in [1.165, 1.54) is 27.1 Å². The van der Waals surface area contributed by atoms with Gasteiger partial charge in [0.15, 0.2) is 17.5 Å². The smallest absolute Gasteiger partial charge is 0.164 e. The summed E-state index contributed by atoms with van der Waals surface area (Å²) < 4.78 is 6.27. The molecule has 0 atom stereocenters. The molecule has 10 aromatic rings. The van der Waals surface area contributed by atoms with E-state index in [4.69, 9.17) is 19.4 Å². The van der Waals surface area contributed by atoms with Crippen LogP contribution in [-0.2, 0) is 0 Å². The van der Waals surface area contributed by atoms with Crippen LogP contribution in [0.25, 0.3) is 99.5 Å². The molecule has 4 nitrogen and oxygen atoms in total. The van der Waals surface area contributed by atoms with E-state index in [1.807, 2.05) is 36.4 Å². The maximum absolute atomic E-state index is 6.27. The van der Waals surface area contributed by atoms with Crippen LogP contribution >= 0.6 is 0 Å². The van der Waals surface area contributed by atoms with Crippen LogP contribution < -0.4 is 0 Å². The molecule has 0 saturated carbocycles. The number of furan rings is 1. The van der Waals surface area contributed by atoms with Gasteiger partial charge in [0.1, 0.15) is 11.2 Å². The van der Waals surface area contributed by atoms with Crippen LogP contribution in [0.2, 0.25) is 0 Å². The number of aromatic nitrogens is 3. The van der Waals surface area contributed by atoms with Crippen LogP contribution in [-0.4, -0.2) is 15.0 Å². The Bertz CT molecular complexity index is 2870. The third kappa shape index (κ3) is 4.49. The normalized spacial score (nSPS) is 11.7. The zero-order valence-corrected chi connectivity index (χ0v) is 26.3. The first-order chi connectivity index (χ1) is 24.3. The van der Waals surface area contributed by atoms with Crippen molar-refractivity contribution >= 4 is 54.3 Å². The lowest BCUT2D eigenvalue weighted by Crippen LogP contribution is -2.01. The van der Waals surface area contributed by atoms with E-state index < -0.39 is 0 Å². The molecule has 2 heterocycles. The molecule has 0 aliphatic heterocycles. The monoisotopic (exact) mass is 625 g/mol. The van der Waals surface area contributed by atoms with Crippen molar-refractivity contribution in [2.24, 2.45) is 0 Å². The quantitative estimate of drug-likeness (QED) is 0.183. The molecule has 4 heteroatoms. The third-order valence-electron chi connectivity index (χ3n) is 9.52. The van der Waals surface area contributed by atoms with Crippen molar-refractivity contribution in [3.8, 4) is 45.3 Å². The van der Waals surface area contributed by atoms with Gasteiger partial charge in [0.2, 0.25) is 0 Å². The maximum Gasteiger partial charge on any atom is 0.164 e. The third-order valence-corrected chi connectivity index (χ3v) is 9.52. The Balaban J connectivity index is 1.25. The highest BCUT2D eigenvalue weighted by molar-refractivity contribution is 6.23. The number of rotatable bonds is 4. The zero-order chi connectivity index (χ0) is 32.3.